The highest BCUT2D eigenvalue weighted by molar-refractivity contribution is 6.33. The summed E-state index contributed by atoms with van der Waals surface area (Å²) >= 11 is 6.37. The lowest BCUT2D eigenvalue weighted by Gasteiger charge is -2.34. The topological polar surface area (TPSA) is 37.8 Å². The van der Waals surface area contributed by atoms with Crippen molar-refractivity contribution in [3.8, 4) is 5.88 Å². The van der Waals surface area contributed by atoms with Gasteiger partial charge in [-0.3, -0.25) is 0 Å². The molecule has 0 aliphatic carbocycles. The number of benzene rings is 1. The van der Waals surface area contributed by atoms with E-state index in [1.807, 2.05) is 13.2 Å². The molecule has 2 aliphatic rings. The fraction of sp³-hybridized carbons (Fsp3) is 0.522. The van der Waals surface area contributed by atoms with Gasteiger partial charge in [0.2, 0.25) is 5.88 Å². The fourth-order valence-electron chi connectivity index (χ4n) is 4.47. The molecule has 5 nitrogen and oxygen atoms in total. The average Bonchev–Trinajstić information content (AvgIpc) is 3.25. The molecule has 1 aromatic carbocycles. The van der Waals surface area contributed by atoms with Gasteiger partial charge in [0, 0.05) is 45.0 Å². The lowest BCUT2D eigenvalue weighted by atomic mass is 9.90. The van der Waals surface area contributed by atoms with Crippen LogP contribution in [0.5, 0.6) is 5.88 Å². The Labute approximate surface area is 178 Å². The minimum Gasteiger partial charge on any atom is -0.481 e. The van der Waals surface area contributed by atoms with Crippen molar-refractivity contribution in [1.29, 1.82) is 0 Å². The van der Waals surface area contributed by atoms with Gasteiger partial charge in [0.15, 0.2) is 0 Å². The molecule has 2 fully saturated rings. The van der Waals surface area contributed by atoms with Gasteiger partial charge in [-0.1, -0.05) is 23.7 Å². The molecular weight excluding hydrogens is 386 g/mol. The number of piperidine rings is 1. The molecule has 29 heavy (non-hydrogen) atoms. The summed E-state index contributed by atoms with van der Waals surface area (Å²) in [5, 5.41) is 0.692. The Morgan fingerprint density at radius 1 is 1.03 bits per heavy atom. The minimum absolute atomic E-state index is 0.369. The third-order valence-corrected chi connectivity index (χ3v) is 6.57. The van der Waals surface area contributed by atoms with E-state index in [-0.39, 0.29) is 0 Å². The highest BCUT2D eigenvalue weighted by Crippen LogP contribution is 2.32. The lowest BCUT2D eigenvalue weighted by Crippen LogP contribution is -2.34. The first-order valence-corrected chi connectivity index (χ1v) is 10.8. The van der Waals surface area contributed by atoms with E-state index in [4.69, 9.17) is 21.1 Å². The SMILES string of the molecule is COc1cc(N2CCC(Cc3ccc(N4CC[C@@H](OC)C4)cc3)CC2)c(Cl)cn1. The van der Waals surface area contributed by atoms with Crippen molar-refractivity contribution in [1.82, 2.24) is 4.98 Å². The third kappa shape index (κ3) is 4.78. The molecule has 2 aromatic rings. The van der Waals surface area contributed by atoms with Crippen molar-refractivity contribution in [2.24, 2.45) is 5.92 Å². The van der Waals surface area contributed by atoms with Gasteiger partial charge in [-0.15, -0.1) is 0 Å². The maximum atomic E-state index is 6.37. The highest BCUT2D eigenvalue weighted by atomic mass is 35.5. The number of nitrogens with zero attached hydrogens (tertiary/aromatic N) is 3. The van der Waals surface area contributed by atoms with Gasteiger partial charge in [0.1, 0.15) is 0 Å². The second kappa shape index (κ2) is 9.23. The molecule has 0 bridgehead atoms. The smallest absolute Gasteiger partial charge is 0.215 e. The van der Waals surface area contributed by atoms with Crippen molar-refractivity contribution >= 4 is 23.0 Å². The quantitative estimate of drug-likeness (QED) is 0.697. The number of aromatic nitrogens is 1. The first-order chi connectivity index (χ1) is 14.2. The van der Waals surface area contributed by atoms with Crippen LogP contribution in [0.25, 0.3) is 0 Å². The molecule has 2 saturated heterocycles. The summed E-state index contributed by atoms with van der Waals surface area (Å²) in [5.74, 6) is 1.32. The van der Waals surface area contributed by atoms with Crippen LogP contribution >= 0.6 is 11.6 Å². The maximum Gasteiger partial charge on any atom is 0.215 e. The van der Waals surface area contributed by atoms with Crippen molar-refractivity contribution < 1.29 is 9.47 Å². The number of pyridine rings is 1. The van der Waals surface area contributed by atoms with Gasteiger partial charge in [-0.2, -0.15) is 0 Å². The summed E-state index contributed by atoms with van der Waals surface area (Å²) in [5.41, 5.74) is 3.77. The monoisotopic (exact) mass is 415 g/mol. The molecule has 0 unspecified atom stereocenters. The van der Waals surface area contributed by atoms with Crippen LogP contribution in [0.2, 0.25) is 5.02 Å². The van der Waals surface area contributed by atoms with Crippen LogP contribution in [0.15, 0.2) is 36.5 Å². The summed E-state index contributed by atoms with van der Waals surface area (Å²) in [6, 6.07) is 11.1. The minimum atomic E-state index is 0.369. The predicted octanol–water partition coefficient (Wildman–Crippen LogP) is 4.43. The van der Waals surface area contributed by atoms with Gasteiger partial charge in [-0.25, -0.2) is 4.98 Å². The van der Waals surface area contributed by atoms with E-state index in [9.17, 15) is 0 Å². The Balaban J connectivity index is 1.31. The van der Waals surface area contributed by atoms with Crippen molar-refractivity contribution in [3.05, 3.63) is 47.1 Å². The van der Waals surface area contributed by atoms with Crippen molar-refractivity contribution in [2.75, 3.05) is 50.2 Å². The number of hydrogen-bond donors (Lipinski definition) is 0. The largest absolute Gasteiger partial charge is 0.481 e. The van der Waals surface area contributed by atoms with Gasteiger partial charge in [0.05, 0.1) is 30.1 Å². The van der Waals surface area contributed by atoms with Crippen LogP contribution < -0.4 is 14.5 Å². The summed E-state index contributed by atoms with van der Waals surface area (Å²) in [4.78, 5) is 8.95. The number of halogens is 1. The van der Waals surface area contributed by atoms with Gasteiger partial charge in [0.25, 0.3) is 0 Å². The highest BCUT2D eigenvalue weighted by Gasteiger charge is 2.23. The molecule has 6 heteroatoms. The standard InChI is InChI=1S/C23H30ClN3O2/c1-28-20-9-12-27(16-20)19-5-3-17(4-6-19)13-18-7-10-26(11-8-18)22-14-23(29-2)25-15-21(22)24/h3-6,14-15,18,20H,7-13,16H2,1-2H3/t20-/m1/s1. The zero-order valence-electron chi connectivity index (χ0n) is 17.3. The molecule has 156 valence electrons. The van der Waals surface area contributed by atoms with E-state index in [0.29, 0.717) is 22.9 Å². The zero-order chi connectivity index (χ0) is 20.2. The molecule has 1 aromatic heterocycles. The average molecular weight is 416 g/mol. The molecule has 2 aliphatic heterocycles. The molecule has 3 heterocycles. The summed E-state index contributed by atoms with van der Waals surface area (Å²) in [7, 11) is 3.44. The summed E-state index contributed by atoms with van der Waals surface area (Å²) in [6.45, 7) is 4.11. The Bertz CT molecular complexity index is 806. The van der Waals surface area contributed by atoms with E-state index in [1.165, 1.54) is 24.1 Å². The Kier molecular flexibility index (Phi) is 6.46. The molecule has 0 spiro atoms. The number of hydrogen-bond acceptors (Lipinski definition) is 5. The molecule has 0 amide bonds. The van der Waals surface area contributed by atoms with Crippen LogP contribution in [-0.2, 0) is 11.2 Å². The van der Waals surface area contributed by atoms with Crippen LogP contribution in [0.1, 0.15) is 24.8 Å². The number of methoxy groups -OCH3 is 2. The van der Waals surface area contributed by atoms with E-state index in [1.54, 1.807) is 13.3 Å². The van der Waals surface area contributed by atoms with Gasteiger partial charge < -0.3 is 19.3 Å². The molecule has 0 saturated carbocycles. The van der Waals surface area contributed by atoms with Crippen LogP contribution in [-0.4, -0.2) is 51.5 Å². The first-order valence-electron chi connectivity index (χ1n) is 10.5. The summed E-state index contributed by atoms with van der Waals surface area (Å²) in [6.07, 6.45) is 6.65. The number of rotatable bonds is 6. The first kappa shape index (κ1) is 20.3. The number of anilines is 2. The lowest BCUT2D eigenvalue weighted by molar-refractivity contribution is 0.121. The summed E-state index contributed by atoms with van der Waals surface area (Å²) < 4.78 is 10.7. The maximum absolute atomic E-state index is 6.37. The molecule has 0 N–H and O–H groups in total. The van der Waals surface area contributed by atoms with Gasteiger partial charge in [-0.05, 0) is 49.3 Å². The second-order valence-corrected chi connectivity index (χ2v) is 8.48. The number of ether oxygens (including phenoxy) is 2. The van der Waals surface area contributed by atoms with Crippen LogP contribution in [0.4, 0.5) is 11.4 Å². The molecule has 4 rings (SSSR count). The Morgan fingerprint density at radius 2 is 1.76 bits per heavy atom. The van der Waals surface area contributed by atoms with Crippen molar-refractivity contribution in [3.63, 3.8) is 0 Å². The molecule has 0 radical (unpaired) electrons. The fourth-order valence-corrected chi connectivity index (χ4v) is 4.70. The van der Waals surface area contributed by atoms with Gasteiger partial charge >= 0.3 is 0 Å². The van der Waals surface area contributed by atoms with E-state index in [0.717, 1.165) is 44.7 Å². The molecular formula is C23H30ClN3O2. The van der Waals surface area contributed by atoms with Crippen LogP contribution in [0, 0.1) is 5.92 Å². The van der Waals surface area contributed by atoms with E-state index < -0.39 is 0 Å². The molecule has 1 atom stereocenters. The zero-order valence-corrected chi connectivity index (χ0v) is 18.1. The van der Waals surface area contributed by atoms with E-state index in [2.05, 4.69) is 39.0 Å². The Hall–Kier alpha value is -1.98. The third-order valence-electron chi connectivity index (χ3n) is 6.28. The normalized spacial score (nSPS) is 20.3. The van der Waals surface area contributed by atoms with E-state index >= 15 is 0 Å². The predicted molar refractivity (Wildman–Crippen MR) is 119 cm³/mol. The Morgan fingerprint density at radius 3 is 2.41 bits per heavy atom. The van der Waals surface area contributed by atoms with Crippen LogP contribution in [0.3, 0.4) is 0 Å². The second-order valence-electron chi connectivity index (χ2n) is 8.07. The van der Waals surface area contributed by atoms with Crippen molar-refractivity contribution in [2.45, 2.75) is 31.8 Å².